The van der Waals surface area contributed by atoms with Gasteiger partial charge in [0.2, 0.25) is 0 Å². The number of aryl methyl sites for hydroxylation is 2. The van der Waals surface area contributed by atoms with E-state index in [-0.39, 0.29) is 0 Å². The Bertz CT molecular complexity index is 1060. The molecule has 27 heavy (non-hydrogen) atoms. The van der Waals surface area contributed by atoms with Gasteiger partial charge in [0.1, 0.15) is 5.75 Å². The molecule has 0 aliphatic rings. The normalized spacial score (nSPS) is 11.1. The van der Waals surface area contributed by atoms with Gasteiger partial charge >= 0.3 is 0 Å². The van der Waals surface area contributed by atoms with Crippen LogP contribution < -0.4 is 4.74 Å². The number of aromatic nitrogens is 2. The van der Waals surface area contributed by atoms with Gasteiger partial charge in [0, 0.05) is 22.8 Å². The minimum Gasteiger partial charge on any atom is -0.497 e. The second kappa shape index (κ2) is 7.28. The molecule has 2 aromatic carbocycles. The molecule has 2 heterocycles. The van der Waals surface area contributed by atoms with Crippen LogP contribution in [0.5, 0.6) is 5.75 Å². The summed E-state index contributed by atoms with van der Waals surface area (Å²) in [5.74, 6) is 0.860. The molecule has 0 N–H and O–H groups in total. The van der Waals surface area contributed by atoms with E-state index in [1.165, 1.54) is 22.1 Å². The zero-order chi connectivity index (χ0) is 18.8. The summed E-state index contributed by atoms with van der Waals surface area (Å²) in [7, 11) is 1.68. The number of ether oxygens (including phenoxy) is 1. The molecule has 0 radical (unpaired) electrons. The van der Waals surface area contributed by atoms with Crippen molar-refractivity contribution in [2.75, 3.05) is 7.11 Å². The summed E-state index contributed by atoms with van der Waals surface area (Å²) in [6.45, 7) is 4.41. The fourth-order valence-electron chi connectivity index (χ4n) is 3.71. The quantitative estimate of drug-likeness (QED) is 0.450. The standard InChI is InChI=1S/C24H24N2O/c1-4-17-7-6-8-18(5-2)24(17)22-15-19-13-14-26(23(19)16-25-22)20-9-11-21(27-3)12-10-20/h6-16H,4-5H2,1-3H3. The highest BCUT2D eigenvalue weighted by atomic mass is 16.5. The summed E-state index contributed by atoms with van der Waals surface area (Å²) in [6.07, 6.45) is 6.11. The molecule has 4 rings (SSSR count). The van der Waals surface area contributed by atoms with E-state index in [9.17, 15) is 0 Å². The maximum atomic E-state index is 5.26. The van der Waals surface area contributed by atoms with Crippen LogP contribution in [-0.4, -0.2) is 16.7 Å². The third-order valence-corrected chi connectivity index (χ3v) is 5.18. The van der Waals surface area contributed by atoms with Gasteiger partial charge in [0.15, 0.2) is 0 Å². The van der Waals surface area contributed by atoms with Gasteiger partial charge < -0.3 is 9.30 Å². The van der Waals surface area contributed by atoms with Crippen molar-refractivity contribution in [2.24, 2.45) is 0 Å². The topological polar surface area (TPSA) is 27.1 Å². The van der Waals surface area contributed by atoms with Crippen molar-refractivity contribution in [3.63, 3.8) is 0 Å². The SMILES string of the molecule is CCc1cccc(CC)c1-c1cc2ccn(-c3ccc(OC)cc3)c2cn1. The number of hydrogen-bond acceptors (Lipinski definition) is 2. The highest BCUT2D eigenvalue weighted by Gasteiger charge is 2.12. The van der Waals surface area contributed by atoms with E-state index in [4.69, 9.17) is 9.72 Å². The Hall–Kier alpha value is -3.07. The Morgan fingerprint density at radius 1 is 0.926 bits per heavy atom. The van der Waals surface area contributed by atoms with Crippen LogP contribution in [-0.2, 0) is 12.8 Å². The Morgan fingerprint density at radius 2 is 1.63 bits per heavy atom. The Labute approximate surface area is 160 Å². The first-order valence-corrected chi connectivity index (χ1v) is 9.47. The van der Waals surface area contributed by atoms with Crippen molar-refractivity contribution in [3.05, 3.63) is 78.1 Å². The number of nitrogens with zero attached hydrogens (tertiary/aromatic N) is 2. The van der Waals surface area contributed by atoms with E-state index in [1.807, 2.05) is 18.3 Å². The molecule has 0 spiro atoms. The second-order valence-corrected chi connectivity index (χ2v) is 6.67. The average Bonchev–Trinajstić information content (AvgIpc) is 3.16. The lowest BCUT2D eigenvalue weighted by Gasteiger charge is -2.13. The van der Waals surface area contributed by atoms with Crippen LogP contribution in [0.1, 0.15) is 25.0 Å². The van der Waals surface area contributed by atoms with Gasteiger partial charge in [-0.05, 0) is 60.4 Å². The molecule has 0 saturated heterocycles. The van der Waals surface area contributed by atoms with E-state index >= 15 is 0 Å². The largest absolute Gasteiger partial charge is 0.497 e. The molecule has 0 amide bonds. The first-order valence-electron chi connectivity index (χ1n) is 9.47. The zero-order valence-corrected chi connectivity index (χ0v) is 16.1. The van der Waals surface area contributed by atoms with Crippen LogP contribution in [0.3, 0.4) is 0 Å². The molecular formula is C24H24N2O. The Morgan fingerprint density at radius 3 is 2.26 bits per heavy atom. The minimum absolute atomic E-state index is 0.860. The fourth-order valence-corrected chi connectivity index (χ4v) is 3.71. The predicted molar refractivity (Wildman–Crippen MR) is 112 cm³/mol. The van der Waals surface area contributed by atoms with Gasteiger partial charge in [-0.15, -0.1) is 0 Å². The van der Waals surface area contributed by atoms with Gasteiger partial charge in [-0.3, -0.25) is 4.98 Å². The van der Waals surface area contributed by atoms with Crippen molar-refractivity contribution in [1.29, 1.82) is 0 Å². The van der Waals surface area contributed by atoms with Gasteiger partial charge in [0.25, 0.3) is 0 Å². The number of pyridine rings is 1. The van der Waals surface area contributed by atoms with E-state index in [2.05, 4.69) is 67.1 Å². The molecular weight excluding hydrogens is 332 g/mol. The predicted octanol–water partition coefficient (Wildman–Crippen LogP) is 5.83. The van der Waals surface area contributed by atoms with Crippen molar-refractivity contribution in [1.82, 2.24) is 9.55 Å². The molecule has 3 heteroatoms. The van der Waals surface area contributed by atoms with Crippen molar-refractivity contribution in [2.45, 2.75) is 26.7 Å². The molecule has 0 unspecified atom stereocenters. The summed E-state index contributed by atoms with van der Waals surface area (Å²) in [5, 5.41) is 1.20. The van der Waals surface area contributed by atoms with Crippen LogP contribution in [0.2, 0.25) is 0 Å². The number of methoxy groups -OCH3 is 1. The van der Waals surface area contributed by atoms with E-state index in [1.54, 1.807) is 7.11 Å². The van der Waals surface area contributed by atoms with E-state index in [0.717, 1.165) is 35.5 Å². The van der Waals surface area contributed by atoms with Crippen molar-refractivity contribution in [3.8, 4) is 22.7 Å². The molecule has 0 aliphatic heterocycles. The van der Waals surface area contributed by atoms with Gasteiger partial charge in [-0.2, -0.15) is 0 Å². The molecule has 0 atom stereocenters. The lowest BCUT2D eigenvalue weighted by molar-refractivity contribution is 0.415. The highest BCUT2D eigenvalue weighted by Crippen LogP contribution is 2.30. The summed E-state index contributed by atoms with van der Waals surface area (Å²) < 4.78 is 7.43. The summed E-state index contributed by atoms with van der Waals surface area (Å²) in [5.41, 5.74) is 7.27. The van der Waals surface area contributed by atoms with Crippen molar-refractivity contribution >= 4 is 10.9 Å². The van der Waals surface area contributed by atoms with E-state index in [0.29, 0.717) is 0 Å². The lowest BCUT2D eigenvalue weighted by Crippen LogP contribution is -1.97. The second-order valence-electron chi connectivity index (χ2n) is 6.67. The molecule has 4 aromatic rings. The molecule has 3 nitrogen and oxygen atoms in total. The molecule has 0 fully saturated rings. The Kier molecular flexibility index (Phi) is 4.68. The Balaban J connectivity index is 1.81. The third kappa shape index (κ3) is 3.10. The van der Waals surface area contributed by atoms with Gasteiger partial charge in [0.05, 0.1) is 24.5 Å². The first-order chi connectivity index (χ1) is 13.2. The molecule has 0 aliphatic carbocycles. The number of benzene rings is 2. The van der Waals surface area contributed by atoms with Crippen LogP contribution in [0.4, 0.5) is 0 Å². The molecule has 136 valence electrons. The smallest absolute Gasteiger partial charge is 0.119 e. The van der Waals surface area contributed by atoms with Crippen LogP contribution >= 0.6 is 0 Å². The lowest BCUT2D eigenvalue weighted by atomic mass is 9.94. The molecule has 2 aromatic heterocycles. The molecule has 0 bridgehead atoms. The summed E-state index contributed by atoms with van der Waals surface area (Å²) in [4.78, 5) is 4.84. The fraction of sp³-hybridized carbons (Fsp3) is 0.208. The monoisotopic (exact) mass is 356 g/mol. The van der Waals surface area contributed by atoms with Crippen LogP contribution in [0, 0.1) is 0 Å². The maximum Gasteiger partial charge on any atom is 0.119 e. The first kappa shape index (κ1) is 17.3. The van der Waals surface area contributed by atoms with E-state index < -0.39 is 0 Å². The number of fused-ring (bicyclic) bond motifs is 1. The van der Waals surface area contributed by atoms with Crippen molar-refractivity contribution < 1.29 is 4.74 Å². The molecule has 0 saturated carbocycles. The summed E-state index contributed by atoms with van der Waals surface area (Å²) >= 11 is 0. The van der Waals surface area contributed by atoms with Gasteiger partial charge in [-0.25, -0.2) is 0 Å². The average molecular weight is 356 g/mol. The third-order valence-electron chi connectivity index (χ3n) is 5.18. The summed E-state index contributed by atoms with van der Waals surface area (Å²) in [6, 6.07) is 19.0. The van der Waals surface area contributed by atoms with Crippen LogP contribution in [0.25, 0.3) is 27.8 Å². The maximum absolute atomic E-state index is 5.26. The minimum atomic E-state index is 0.860. The zero-order valence-electron chi connectivity index (χ0n) is 16.1. The number of hydrogen-bond donors (Lipinski definition) is 0. The van der Waals surface area contributed by atoms with Gasteiger partial charge in [-0.1, -0.05) is 32.0 Å². The number of rotatable bonds is 5. The van der Waals surface area contributed by atoms with Crippen LogP contribution in [0.15, 0.2) is 67.0 Å². The highest BCUT2D eigenvalue weighted by molar-refractivity contribution is 5.86.